The Hall–Kier alpha value is -1.56. The second kappa shape index (κ2) is 4.61. The second-order valence-electron chi connectivity index (χ2n) is 4.01. The van der Waals surface area contributed by atoms with Gasteiger partial charge in [0.2, 0.25) is 0 Å². The number of aromatic nitrogens is 2. The Kier molecular flexibility index (Phi) is 2.95. The van der Waals surface area contributed by atoms with E-state index in [0.29, 0.717) is 0 Å². The fraction of sp³-hybridized carbons (Fsp3) is 0.0714. The van der Waals surface area contributed by atoms with E-state index in [4.69, 9.17) is 4.74 Å². The zero-order valence-electron chi connectivity index (χ0n) is 9.80. The molecule has 0 aliphatic heterocycles. The fourth-order valence-electron chi connectivity index (χ4n) is 1.88. The molecule has 0 spiro atoms. The number of benzene rings is 2. The Morgan fingerprint density at radius 3 is 2.61 bits per heavy atom. The Balaban J connectivity index is 2.01. The maximum atomic E-state index is 5.81. The normalized spacial score (nSPS) is 10.8. The van der Waals surface area contributed by atoms with Crippen LogP contribution in [0, 0.1) is 3.70 Å². The standard InChI is InChI=1S/C14H11IN2O/c1-17-13-9-11(7-8-12(13)14(15)16-17)18-10-5-3-2-4-6-10/h2-9H,1H3. The van der Waals surface area contributed by atoms with Crippen molar-refractivity contribution < 1.29 is 4.74 Å². The van der Waals surface area contributed by atoms with Crippen molar-refractivity contribution in [1.29, 1.82) is 0 Å². The SMILES string of the molecule is Cn1nc(I)c2ccc(Oc3ccccc3)cc21. The van der Waals surface area contributed by atoms with Crippen molar-refractivity contribution in [1.82, 2.24) is 9.78 Å². The molecule has 0 N–H and O–H groups in total. The minimum absolute atomic E-state index is 0.827. The van der Waals surface area contributed by atoms with E-state index in [1.165, 1.54) is 0 Å². The Morgan fingerprint density at radius 2 is 1.83 bits per heavy atom. The lowest BCUT2D eigenvalue weighted by molar-refractivity contribution is 0.483. The van der Waals surface area contributed by atoms with E-state index in [2.05, 4.69) is 27.7 Å². The van der Waals surface area contributed by atoms with E-state index in [9.17, 15) is 0 Å². The molecule has 1 heterocycles. The average molecular weight is 350 g/mol. The van der Waals surface area contributed by atoms with Gasteiger partial charge >= 0.3 is 0 Å². The molecule has 0 bridgehead atoms. The molecule has 0 fully saturated rings. The molecule has 18 heavy (non-hydrogen) atoms. The first kappa shape index (κ1) is 11.5. The summed E-state index contributed by atoms with van der Waals surface area (Å²) >= 11 is 2.24. The molecular weight excluding hydrogens is 339 g/mol. The molecule has 0 saturated carbocycles. The smallest absolute Gasteiger partial charge is 0.131 e. The lowest BCUT2D eigenvalue weighted by Crippen LogP contribution is -1.90. The van der Waals surface area contributed by atoms with Crippen LogP contribution in [0.5, 0.6) is 11.5 Å². The van der Waals surface area contributed by atoms with E-state index in [1.54, 1.807) is 0 Å². The zero-order valence-corrected chi connectivity index (χ0v) is 12.0. The third-order valence-electron chi connectivity index (χ3n) is 2.76. The van der Waals surface area contributed by atoms with E-state index in [-0.39, 0.29) is 0 Å². The van der Waals surface area contributed by atoms with Crippen molar-refractivity contribution in [2.24, 2.45) is 7.05 Å². The first-order chi connectivity index (χ1) is 8.74. The molecule has 0 unspecified atom stereocenters. The van der Waals surface area contributed by atoms with Gasteiger partial charge < -0.3 is 4.74 Å². The number of halogens is 1. The van der Waals surface area contributed by atoms with Gasteiger partial charge in [0.15, 0.2) is 0 Å². The Labute approximate surface area is 119 Å². The fourth-order valence-corrected chi connectivity index (χ4v) is 2.66. The molecule has 3 nitrogen and oxygen atoms in total. The van der Waals surface area contributed by atoms with Gasteiger partial charge in [-0.05, 0) is 46.9 Å². The molecule has 0 radical (unpaired) electrons. The molecule has 2 aromatic carbocycles. The van der Waals surface area contributed by atoms with Crippen LogP contribution in [0.25, 0.3) is 10.9 Å². The molecule has 0 amide bonds. The van der Waals surface area contributed by atoms with E-state index < -0.39 is 0 Å². The molecule has 1 aromatic heterocycles. The van der Waals surface area contributed by atoms with Gasteiger partial charge in [-0.2, -0.15) is 5.10 Å². The zero-order chi connectivity index (χ0) is 12.5. The number of para-hydroxylation sites is 1. The van der Waals surface area contributed by atoms with E-state index >= 15 is 0 Å². The third kappa shape index (κ3) is 2.08. The van der Waals surface area contributed by atoms with Crippen molar-refractivity contribution >= 4 is 33.5 Å². The van der Waals surface area contributed by atoms with Crippen LogP contribution in [-0.4, -0.2) is 9.78 Å². The van der Waals surface area contributed by atoms with Gasteiger partial charge in [0.05, 0.1) is 5.52 Å². The van der Waals surface area contributed by atoms with Gasteiger partial charge in [-0.3, -0.25) is 4.68 Å². The summed E-state index contributed by atoms with van der Waals surface area (Å²) in [4.78, 5) is 0. The third-order valence-corrected chi connectivity index (χ3v) is 3.55. The summed E-state index contributed by atoms with van der Waals surface area (Å²) in [5.41, 5.74) is 1.08. The molecule has 90 valence electrons. The molecule has 3 rings (SSSR count). The predicted octanol–water partition coefficient (Wildman–Crippen LogP) is 3.97. The summed E-state index contributed by atoms with van der Waals surface area (Å²) in [6, 6.07) is 15.8. The molecule has 0 aliphatic carbocycles. The highest BCUT2D eigenvalue weighted by Gasteiger charge is 2.07. The summed E-state index contributed by atoms with van der Waals surface area (Å²) in [5.74, 6) is 1.67. The first-order valence-corrected chi connectivity index (χ1v) is 6.67. The lowest BCUT2D eigenvalue weighted by Gasteiger charge is -2.05. The molecular formula is C14H11IN2O. The monoisotopic (exact) mass is 350 g/mol. The van der Waals surface area contributed by atoms with Gasteiger partial charge in [-0.1, -0.05) is 18.2 Å². The quantitative estimate of drug-likeness (QED) is 0.654. The van der Waals surface area contributed by atoms with Gasteiger partial charge in [-0.15, -0.1) is 0 Å². The Bertz CT molecular complexity index is 692. The van der Waals surface area contributed by atoms with Gasteiger partial charge in [0.25, 0.3) is 0 Å². The lowest BCUT2D eigenvalue weighted by atomic mass is 10.2. The highest BCUT2D eigenvalue weighted by molar-refractivity contribution is 14.1. The van der Waals surface area contributed by atoms with Crippen LogP contribution < -0.4 is 4.74 Å². The maximum Gasteiger partial charge on any atom is 0.131 e. The topological polar surface area (TPSA) is 27.1 Å². The van der Waals surface area contributed by atoms with Crippen LogP contribution >= 0.6 is 22.6 Å². The van der Waals surface area contributed by atoms with Crippen LogP contribution in [-0.2, 0) is 7.05 Å². The van der Waals surface area contributed by atoms with Crippen molar-refractivity contribution in [2.75, 3.05) is 0 Å². The average Bonchev–Trinajstić information content (AvgIpc) is 2.66. The minimum atomic E-state index is 0.827. The van der Waals surface area contributed by atoms with Gasteiger partial charge in [0, 0.05) is 18.5 Å². The number of fused-ring (bicyclic) bond motifs is 1. The highest BCUT2D eigenvalue weighted by atomic mass is 127. The highest BCUT2D eigenvalue weighted by Crippen LogP contribution is 2.27. The van der Waals surface area contributed by atoms with Crippen LogP contribution in [0.4, 0.5) is 0 Å². The molecule has 3 aromatic rings. The number of hydrogen-bond donors (Lipinski definition) is 0. The molecule has 4 heteroatoms. The van der Waals surface area contributed by atoms with Crippen molar-refractivity contribution in [3.05, 3.63) is 52.2 Å². The van der Waals surface area contributed by atoms with E-state index in [0.717, 1.165) is 26.1 Å². The predicted molar refractivity (Wildman–Crippen MR) is 79.9 cm³/mol. The van der Waals surface area contributed by atoms with Gasteiger partial charge in [0.1, 0.15) is 15.2 Å². The molecule has 0 aliphatic rings. The summed E-state index contributed by atoms with van der Waals surface area (Å²) in [7, 11) is 1.94. The summed E-state index contributed by atoms with van der Waals surface area (Å²) in [5, 5.41) is 5.54. The number of rotatable bonds is 2. The maximum absolute atomic E-state index is 5.81. The van der Waals surface area contributed by atoms with Gasteiger partial charge in [-0.25, -0.2) is 0 Å². The summed E-state index contributed by atoms with van der Waals surface area (Å²) in [6.07, 6.45) is 0. The van der Waals surface area contributed by atoms with Crippen LogP contribution in [0.3, 0.4) is 0 Å². The van der Waals surface area contributed by atoms with Crippen molar-refractivity contribution in [2.45, 2.75) is 0 Å². The van der Waals surface area contributed by atoms with Crippen LogP contribution in [0.2, 0.25) is 0 Å². The number of ether oxygens (including phenoxy) is 1. The largest absolute Gasteiger partial charge is 0.457 e. The minimum Gasteiger partial charge on any atom is -0.457 e. The van der Waals surface area contributed by atoms with Crippen LogP contribution in [0.1, 0.15) is 0 Å². The summed E-state index contributed by atoms with van der Waals surface area (Å²) < 4.78 is 8.69. The summed E-state index contributed by atoms with van der Waals surface area (Å²) in [6.45, 7) is 0. The number of nitrogens with zero attached hydrogens (tertiary/aromatic N) is 2. The Morgan fingerprint density at radius 1 is 1.06 bits per heavy atom. The van der Waals surface area contributed by atoms with Crippen molar-refractivity contribution in [3.63, 3.8) is 0 Å². The molecule has 0 saturated heterocycles. The second-order valence-corrected chi connectivity index (χ2v) is 5.03. The van der Waals surface area contributed by atoms with E-state index in [1.807, 2.05) is 60.3 Å². The number of aryl methyl sites for hydroxylation is 1. The van der Waals surface area contributed by atoms with Crippen molar-refractivity contribution in [3.8, 4) is 11.5 Å². The number of hydrogen-bond acceptors (Lipinski definition) is 2. The molecule has 0 atom stereocenters. The first-order valence-electron chi connectivity index (χ1n) is 5.59. The van der Waals surface area contributed by atoms with Crippen LogP contribution in [0.15, 0.2) is 48.5 Å².